The van der Waals surface area contributed by atoms with E-state index in [0.717, 1.165) is 19.5 Å². The fourth-order valence-corrected chi connectivity index (χ4v) is 2.24. The van der Waals surface area contributed by atoms with Crippen molar-refractivity contribution in [1.82, 2.24) is 4.90 Å². The second kappa shape index (κ2) is 6.38. The van der Waals surface area contributed by atoms with Crippen LogP contribution in [-0.4, -0.2) is 41.8 Å². The molecule has 0 aliphatic carbocycles. The lowest BCUT2D eigenvalue weighted by atomic mass is 9.82. The number of nitrogens with two attached hydrogens (primary N) is 1. The van der Waals surface area contributed by atoms with Crippen LogP contribution in [0.15, 0.2) is 0 Å². The largest absolute Gasteiger partial charge is 0.396 e. The van der Waals surface area contributed by atoms with E-state index in [-0.39, 0.29) is 18.1 Å². The number of hydrogen-bond acceptors (Lipinski definition) is 3. The Kier molecular flexibility index (Phi) is 6.33. The lowest BCUT2D eigenvalue weighted by Crippen LogP contribution is -2.54. The minimum Gasteiger partial charge on any atom is -0.396 e. The van der Waals surface area contributed by atoms with E-state index in [2.05, 4.69) is 32.6 Å². The molecule has 0 saturated carbocycles. The van der Waals surface area contributed by atoms with Crippen LogP contribution in [0.3, 0.4) is 0 Å². The van der Waals surface area contributed by atoms with Gasteiger partial charge in [-0.1, -0.05) is 20.8 Å². The molecule has 0 fully saturated rings. The first kappa shape index (κ1) is 13.9. The van der Waals surface area contributed by atoms with Crippen LogP contribution in [0, 0.1) is 5.92 Å². The van der Waals surface area contributed by atoms with Crippen LogP contribution >= 0.6 is 0 Å². The fourth-order valence-electron chi connectivity index (χ4n) is 2.24. The highest BCUT2D eigenvalue weighted by atomic mass is 16.3. The highest BCUT2D eigenvalue weighted by Gasteiger charge is 2.35. The van der Waals surface area contributed by atoms with Crippen molar-refractivity contribution >= 4 is 0 Å². The molecule has 3 heteroatoms. The number of nitrogens with zero attached hydrogens (tertiary/aromatic N) is 1. The molecular formula is C11H26N2O. The molecule has 0 aliphatic heterocycles. The summed E-state index contributed by atoms with van der Waals surface area (Å²) >= 11 is 0. The maximum Gasteiger partial charge on any atom is 0.0489 e. The van der Waals surface area contributed by atoms with Gasteiger partial charge in [0.1, 0.15) is 0 Å². The average Bonchev–Trinajstić information content (AvgIpc) is 2.21. The molecule has 0 heterocycles. The summed E-state index contributed by atoms with van der Waals surface area (Å²) < 4.78 is 0. The van der Waals surface area contributed by atoms with Crippen molar-refractivity contribution in [2.45, 2.75) is 39.7 Å². The first-order valence-electron chi connectivity index (χ1n) is 5.66. The van der Waals surface area contributed by atoms with Crippen LogP contribution in [0.4, 0.5) is 0 Å². The molecule has 14 heavy (non-hydrogen) atoms. The van der Waals surface area contributed by atoms with Gasteiger partial charge in [-0.25, -0.2) is 0 Å². The van der Waals surface area contributed by atoms with E-state index in [1.54, 1.807) is 0 Å². The van der Waals surface area contributed by atoms with Gasteiger partial charge >= 0.3 is 0 Å². The molecule has 86 valence electrons. The summed E-state index contributed by atoms with van der Waals surface area (Å²) in [7, 11) is 0. The molecular weight excluding hydrogens is 176 g/mol. The Morgan fingerprint density at radius 3 is 2.00 bits per heavy atom. The van der Waals surface area contributed by atoms with E-state index >= 15 is 0 Å². The second-order valence-corrected chi connectivity index (χ2v) is 4.00. The summed E-state index contributed by atoms with van der Waals surface area (Å²) in [6, 6.07) is 0. The van der Waals surface area contributed by atoms with Crippen LogP contribution < -0.4 is 5.73 Å². The van der Waals surface area contributed by atoms with Gasteiger partial charge in [-0.15, -0.1) is 0 Å². The molecule has 0 aromatic carbocycles. The van der Waals surface area contributed by atoms with Gasteiger partial charge in [-0.05, 0) is 33.0 Å². The third-order valence-electron chi connectivity index (χ3n) is 3.59. The van der Waals surface area contributed by atoms with Crippen molar-refractivity contribution in [3.05, 3.63) is 0 Å². The fraction of sp³-hybridized carbons (Fsp3) is 1.00. The van der Waals surface area contributed by atoms with Crippen molar-refractivity contribution in [3.8, 4) is 0 Å². The van der Waals surface area contributed by atoms with E-state index in [1.807, 2.05) is 0 Å². The smallest absolute Gasteiger partial charge is 0.0489 e. The Morgan fingerprint density at radius 1 is 1.29 bits per heavy atom. The highest BCUT2D eigenvalue weighted by molar-refractivity contribution is 4.91. The van der Waals surface area contributed by atoms with Crippen LogP contribution in [0.5, 0.6) is 0 Å². The zero-order valence-corrected chi connectivity index (χ0v) is 10.1. The van der Waals surface area contributed by atoms with Gasteiger partial charge in [0.15, 0.2) is 0 Å². The molecule has 0 aromatic rings. The summed E-state index contributed by atoms with van der Waals surface area (Å²) in [5.74, 6) is 0.174. The zero-order valence-electron chi connectivity index (χ0n) is 10.1. The standard InChI is InChI=1S/C11H26N2O/c1-5-11(4,10(8-12)9-14)13(6-2)7-3/h10,14H,5-9,12H2,1-4H3/t10-,11+/m1/s1. The molecule has 0 saturated heterocycles. The summed E-state index contributed by atoms with van der Waals surface area (Å²) in [6.07, 6.45) is 1.02. The third-order valence-corrected chi connectivity index (χ3v) is 3.59. The number of aliphatic hydroxyl groups excluding tert-OH is 1. The van der Waals surface area contributed by atoms with Gasteiger partial charge in [0.05, 0.1) is 0 Å². The normalized spacial score (nSPS) is 18.2. The molecule has 3 N–H and O–H groups in total. The number of aliphatic hydroxyl groups is 1. The van der Waals surface area contributed by atoms with Crippen LogP contribution in [0.2, 0.25) is 0 Å². The maximum atomic E-state index is 9.33. The zero-order chi connectivity index (χ0) is 11.2. The molecule has 0 radical (unpaired) electrons. The van der Waals surface area contributed by atoms with Crippen LogP contribution in [0.25, 0.3) is 0 Å². The minimum absolute atomic E-state index is 0.0347. The van der Waals surface area contributed by atoms with Crippen LogP contribution in [-0.2, 0) is 0 Å². The van der Waals surface area contributed by atoms with Gasteiger partial charge < -0.3 is 10.8 Å². The van der Waals surface area contributed by atoms with E-state index < -0.39 is 0 Å². The molecule has 0 aliphatic rings. The summed E-state index contributed by atoms with van der Waals surface area (Å²) in [4.78, 5) is 2.39. The Morgan fingerprint density at radius 2 is 1.79 bits per heavy atom. The number of rotatable bonds is 7. The van der Waals surface area contributed by atoms with Crippen molar-refractivity contribution < 1.29 is 5.11 Å². The van der Waals surface area contributed by atoms with Crippen molar-refractivity contribution in [2.75, 3.05) is 26.2 Å². The molecule has 0 bridgehead atoms. The predicted octanol–water partition coefficient (Wildman–Crippen LogP) is 1.06. The highest BCUT2D eigenvalue weighted by Crippen LogP contribution is 2.27. The van der Waals surface area contributed by atoms with Crippen molar-refractivity contribution in [3.63, 3.8) is 0 Å². The minimum atomic E-state index is 0.0347. The van der Waals surface area contributed by atoms with Gasteiger partial charge in [0, 0.05) is 18.1 Å². The van der Waals surface area contributed by atoms with Gasteiger partial charge in [0.2, 0.25) is 0 Å². The molecule has 0 unspecified atom stereocenters. The molecule has 2 atom stereocenters. The Hall–Kier alpha value is -0.120. The van der Waals surface area contributed by atoms with E-state index in [1.165, 1.54) is 0 Å². The van der Waals surface area contributed by atoms with Crippen LogP contribution in [0.1, 0.15) is 34.1 Å². The van der Waals surface area contributed by atoms with E-state index in [0.29, 0.717) is 6.54 Å². The lowest BCUT2D eigenvalue weighted by molar-refractivity contribution is 0.0259. The molecule has 0 aromatic heterocycles. The Balaban J connectivity index is 4.72. The quantitative estimate of drug-likeness (QED) is 0.649. The lowest BCUT2D eigenvalue weighted by Gasteiger charge is -2.44. The molecule has 3 nitrogen and oxygen atoms in total. The number of hydrogen-bond donors (Lipinski definition) is 2. The van der Waals surface area contributed by atoms with Gasteiger partial charge in [-0.2, -0.15) is 0 Å². The molecule has 0 rings (SSSR count). The third kappa shape index (κ3) is 2.69. The van der Waals surface area contributed by atoms with Gasteiger partial charge in [-0.3, -0.25) is 4.90 Å². The van der Waals surface area contributed by atoms with Crippen molar-refractivity contribution in [1.29, 1.82) is 0 Å². The van der Waals surface area contributed by atoms with Gasteiger partial charge in [0.25, 0.3) is 0 Å². The van der Waals surface area contributed by atoms with E-state index in [9.17, 15) is 5.11 Å². The maximum absolute atomic E-state index is 9.33. The first-order chi connectivity index (χ1) is 6.60. The predicted molar refractivity (Wildman–Crippen MR) is 61.2 cm³/mol. The Labute approximate surface area is 88.3 Å². The van der Waals surface area contributed by atoms with Crippen molar-refractivity contribution in [2.24, 2.45) is 11.7 Å². The summed E-state index contributed by atoms with van der Waals surface area (Å²) in [5.41, 5.74) is 5.74. The second-order valence-electron chi connectivity index (χ2n) is 4.00. The first-order valence-corrected chi connectivity index (χ1v) is 5.66. The topological polar surface area (TPSA) is 49.5 Å². The summed E-state index contributed by atoms with van der Waals surface area (Å²) in [5, 5.41) is 9.33. The average molecular weight is 202 g/mol. The SMILES string of the molecule is CCN(CC)[C@@](C)(CC)[C@H](CN)CO. The van der Waals surface area contributed by atoms with E-state index in [4.69, 9.17) is 5.73 Å². The molecule has 0 spiro atoms. The monoisotopic (exact) mass is 202 g/mol. The summed E-state index contributed by atoms with van der Waals surface area (Å²) in [6.45, 7) is 11.4. The molecule has 0 amide bonds. The Bertz CT molecular complexity index is 130.